The molecule has 1 heteroatoms. The monoisotopic (exact) mass is 365 g/mol. The van der Waals surface area contributed by atoms with E-state index in [1.165, 1.54) is 25.7 Å². The minimum Gasteiger partial charge on any atom is -0.0654 e. The maximum absolute atomic E-state index is 2.37. The van der Waals surface area contributed by atoms with Gasteiger partial charge in [-0.15, -0.1) is 0 Å². The Kier molecular flexibility index (Phi) is 9.35. The first-order valence-corrected chi connectivity index (χ1v) is 4.98. The zero-order valence-electron chi connectivity index (χ0n) is 9.35. The minimum atomic E-state index is 0. The Hall–Kier alpha value is 0.883. The standard InChI is InChI=1S/C11H24.Bi/c1-6-7-8-9-10(2)11(3,4)5;/h10H,6-9H2,1-5H3;. The van der Waals surface area contributed by atoms with Gasteiger partial charge in [0.15, 0.2) is 0 Å². The van der Waals surface area contributed by atoms with Gasteiger partial charge in [-0.05, 0) is 11.3 Å². The summed E-state index contributed by atoms with van der Waals surface area (Å²) >= 11 is 0. The quantitative estimate of drug-likeness (QED) is 0.524. The Balaban J connectivity index is 0. The van der Waals surface area contributed by atoms with Crippen LogP contribution in [0.4, 0.5) is 0 Å². The summed E-state index contributed by atoms with van der Waals surface area (Å²) in [7, 11) is 0. The molecule has 0 aliphatic heterocycles. The molecular formula is C11H24Bi. The van der Waals surface area contributed by atoms with E-state index in [1.54, 1.807) is 0 Å². The Morgan fingerprint density at radius 3 is 1.92 bits per heavy atom. The fourth-order valence-electron chi connectivity index (χ4n) is 1.13. The molecule has 1 unspecified atom stereocenters. The normalized spacial score (nSPS) is 13.8. The molecule has 0 N–H and O–H groups in total. The maximum Gasteiger partial charge on any atom is 0 e. The summed E-state index contributed by atoms with van der Waals surface area (Å²) < 4.78 is 0. The van der Waals surface area contributed by atoms with Crippen LogP contribution in [0.3, 0.4) is 0 Å². The smallest absolute Gasteiger partial charge is 0 e. The van der Waals surface area contributed by atoms with Crippen LogP contribution in [0.15, 0.2) is 0 Å². The van der Waals surface area contributed by atoms with Crippen molar-refractivity contribution in [3.63, 3.8) is 0 Å². The van der Waals surface area contributed by atoms with Crippen molar-refractivity contribution < 1.29 is 0 Å². The van der Waals surface area contributed by atoms with Gasteiger partial charge in [0, 0.05) is 26.2 Å². The second-order valence-corrected chi connectivity index (χ2v) is 4.76. The number of unbranched alkanes of at least 4 members (excludes halogenated alkanes) is 2. The van der Waals surface area contributed by atoms with E-state index in [0.29, 0.717) is 5.41 Å². The summed E-state index contributed by atoms with van der Waals surface area (Å²) in [6.07, 6.45) is 5.56. The summed E-state index contributed by atoms with van der Waals surface area (Å²) in [5.41, 5.74) is 0.508. The molecule has 0 spiro atoms. The summed E-state index contributed by atoms with van der Waals surface area (Å²) in [6, 6.07) is 0. The van der Waals surface area contributed by atoms with E-state index in [2.05, 4.69) is 34.6 Å². The molecular weight excluding hydrogens is 341 g/mol. The predicted octanol–water partition coefficient (Wildman–Crippen LogP) is 3.87. The molecule has 0 fully saturated rings. The average Bonchev–Trinajstić information content (AvgIpc) is 1.86. The Morgan fingerprint density at radius 2 is 1.58 bits per heavy atom. The van der Waals surface area contributed by atoms with E-state index in [1.807, 2.05) is 0 Å². The topological polar surface area (TPSA) is 0 Å². The van der Waals surface area contributed by atoms with Crippen molar-refractivity contribution in [3.05, 3.63) is 0 Å². The molecule has 0 aliphatic rings. The van der Waals surface area contributed by atoms with Crippen LogP contribution < -0.4 is 0 Å². The van der Waals surface area contributed by atoms with Crippen LogP contribution in [0.2, 0.25) is 0 Å². The van der Waals surface area contributed by atoms with Gasteiger partial charge >= 0.3 is 0 Å². The van der Waals surface area contributed by atoms with Gasteiger partial charge in [0.05, 0.1) is 0 Å². The molecule has 0 bridgehead atoms. The summed E-state index contributed by atoms with van der Waals surface area (Å²) in [4.78, 5) is 0. The first-order valence-electron chi connectivity index (χ1n) is 4.98. The van der Waals surface area contributed by atoms with Crippen LogP contribution in [0.5, 0.6) is 0 Å². The van der Waals surface area contributed by atoms with Crippen LogP contribution in [0.25, 0.3) is 0 Å². The second-order valence-electron chi connectivity index (χ2n) is 4.76. The predicted molar refractivity (Wildman–Crippen MR) is 58.5 cm³/mol. The molecule has 0 aromatic carbocycles. The Morgan fingerprint density at radius 1 is 1.08 bits per heavy atom. The second kappa shape index (κ2) is 7.30. The van der Waals surface area contributed by atoms with Crippen LogP contribution >= 0.6 is 0 Å². The van der Waals surface area contributed by atoms with Crippen molar-refractivity contribution in [1.82, 2.24) is 0 Å². The van der Waals surface area contributed by atoms with E-state index in [9.17, 15) is 0 Å². The third kappa shape index (κ3) is 7.53. The molecule has 0 aromatic heterocycles. The van der Waals surface area contributed by atoms with Crippen molar-refractivity contribution in [2.24, 2.45) is 11.3 Å². The molecule has 1 atom stereocenters. The largest absolute Gasteiger partial charge is 0.0654 e. The molecule has 0 nitrogen and oxygen atoms in total. The molecule has 0 aromatic rings. The zero-order valence-corrected chi connectivity index (χ0v) is 12.8. The summed E-state index contributed by atoms with van der Waals surface area (Å²) in [6.45, 7) is 11.6. The molecule has 3 radical (unpaired) electrons. The van der Waals surface area contributed by atoms with Crippen LogP contribution in [-0.4, -0.2) is 26.2 Å². The van der Waals surface area contributed by atoms with Gasteiger partial charge in [0.1, 0.15) is 0 Å². The molecule has 0 saturated heterocycles. The number of hydrogen-bond acceptors (Lipinski definition) is 0. The van der Waals surface area contributed by atoms with E-state index < -0.39 is 0 Å². The van der Waals surface area contributed by atoms with Gasteiger partial charge < -0.3 is 0 Å². The van der Waals surface area contributed by atoms with Crippen molar-refractivity contribution in [2.45, 2.75) is 60.3 Å². The first kappa shape index (κ1) is 15.4. The first-order chi connectivity index (χ1) is 4.98. The SMILES string of the molecule is CCCCCC(C)C(C)(C)C.[Bi]. The van der Waals surface area contributed by atoms with Crippen LogP contribution in [0, 0.1) is 11.3 Å². The summed E-state index contributed by atoms with van der Waals surface area (Å²) in [5.74, 6) is 0.869. The van der Waals surface area contributed by atoms with Crippen LogP contribution in [-0.2, 0) is 0 Å². The van der Waals surface area contributed by atoms with Gasteiger partial charge in [0.2, 0.25) is 0 Å². The van der Waals surface area contributed by atoms with Crippen molar-refractivity contribution >= 4 is 26.2 Å². The molecule has 0 saturated carbocycles. The van der Waals surface area contributed by atoms with Gasteiger partial charge in [0.25, 0.3) is 0 Å². The molecule has 0 amide bonds. The summed E-state index contributed by atoms with van der Waals surface area (Å²) in [5, 5.41) is 0. The van der Waals surface area contributed by atoms with Gasteiger partial charge in [-0.25, -0.2) is 0 Å². The molecule has 12 heavy (non-hydrogen) atoms. The van der Waals surface area contributed by atoms with E-state index in [4.69, 9.17) is 0 Å². The van der Waals surface area contributed by atoms with Crippen molar-refractivity contribution in [1.29, 1.82) is 0 Å². The molecule has 0 aliphatic carbocycles. The number of rotatable bonds is 4. The molecule has 73 valence electrons. The Bertz CT molecular complexity index is 91.7. The van der Waals surface area contributed by atoms with Crippen molar-refractivity contribution in [2.75, 3.05) is 0 Å². The van der Waals surface area contributed by atoms with E-state index in [-0.39, 0.29) is 26.2 Å². The van der Waals surface area contributed by atoms with Gasteiger partial charge in [-0.1, -0.05) is 60.3 Å². The van der Waals surface area contributed by atoms with Crippen molar-refractivity contribution in [3.8, 4) is 0 Å². The fraction of sp³-hybridized carbons (Fsp3) is 1.00. The number of hydrogen-bond donors (Lipinski definition) is 0. The fourth-order valence-corrected chi connectivity index (χ4v) is 1.13. The van der Waals surface area contributed by atoms with Crippen LogP contribution in [0.1, 0.15) is 60.3 Å². The zero-order chi connectivity index (χ0) is 8.91. The van der Waals surface area contributed by atoms with E-state index >= 15 is 0 Å². The van der Waals surface area contributed by atoms with Gasteiger partial charge in [-0.2, -0.15) is 0 Å². The molecule has 0 heterocycles. The molecule has 0 rings (SSSR count). The van der Waals surface area contributed by atoms with Gasteiger partial charge in [-0.3, -0.25) is 0 Å². The third-order valence-electron chi connectivity index (χ3n) is 2.72. The minimum absolute atomic E-state index is 0. The maximum atomic E-state index is 2.37. The Labute approximate surface area is 97.6 Å². The third-order valence-corrected chi connectivity index (χ3v) is 2.72. The van der Waals surface area contributed by atoms with E-state index in [0.717, 1.165) is 5.92 Å². The average molecular weight is 365 g/mol.